The van der Waals surface area contributed by atoms with Gasteiger partial charge in [-0.2, -0.15) is 0 Å². The number of phenolic OH excluding ortho intramolecular Hbond substituents is 1. The van der Waals surface area contributed by atoms with Crippen molar-refractivity contribution in [2.24, 2.45) is 0 Å². The molecule has 0 aliphatic rings. The van der Waals surface area contributed by atoms with Gasteiger partial charge in [0.2, 0.25) is 11.8 Å². The molecule has 0 aromatic heterocycles. The Balaban J connectivity index is 1.93. The summed E-state index contributed by atoms with van der Waals surface area (Å²) in [5.74, 6) is -7.65. The summed E-state index contributed by atoms with van der Waals surface area (Å²) in [5.41, 5.74) is 5.30. The largest absolute Gasteiger partial charge is 0.502 e. The number of aromatic hydroxyl groups is 1. The lowest BCUT2D eigenvalue weighted by molar-refractivity contribution is -0.385. The van der Waals surface area contributed by atoms with Crippen LogP contribution in [-0.4, -0.2) is 79.1 Å². The van der Waals surface area contributed by atoms with E-state index in [9.17, 15) is 59.3 Å². The van der Waals surface area contributed by atoms with Crippen LogP contribution < -0.4 is 21.7 Å². The molecular weight excluding hydrogens is 574 g/mol. The number of aliphatic carboxylic acids is 3. The maximum atomic E-state index is 12.4. The average molecular weight is 604 g/mol. The van der Waals surface area contributed by atoms with Gasteiger partial charge in [0.1, 0.15) is 18.1 Å². The second kappa shape index (κ2) is 15.3. The van der Waals surface area contributed by atoms with Crippen molar-refractivity contribution in [3.63, 3.8) is 0 Å². The number of carbonyl (C=O) groups excluding carboxylic acids is 3. The van der Waals surface area contributed by atoms with E-state index in [0.29, 0.717) is 0 Å². The molecule has 0 saturated heterocycles. The van der Waals surface area contributed by atoms with Gasteiger partial charge in [-0.1, -0.05) is 18.2 Å². The van der Waals surface area contributed by atoms with Crippen molar-refractivity contribution in [3.8, 4) is 5.75 Å². The van der Waals surface area contributed by atoms with Crippen LogP contribution in [0.5, 0.6) is 5.75 Å². The SMILES string of the molecule is Nc1ccccc1C(=O)N[C@@H](CCC(=O)N[C@@H](CCC(=O)N[C@@H](Cc1ccc(O)c([N+](=O)[O-])c1)C(=O)O)C(=O)O)C(=O)O. The molecule has 0 spiro atoms. The lowest BCUT2D eigenvalue weighted by Gasteiger charge is -2.18. The molecule has 3 atom stereocenters. The molecule has 2 rings (SSSR count). The number of amides is 3. The number of nitro benzene ring substituents is 1. The Kier molecular flexibility index (Phi) is 11.9. The monoisotopic (exact) mass is 603 g/mol. The van der Waals surface area contributed by atoms with Gasteiger partial charge < -0.3 is 42.1 Å². The van der Waals surface area contributed by atoms with Gasteiger partial charge in [-0.05, 0) is 36.6 Å². The molecule has 0 bridgehead atoms. The number of nitrogens with zero attached hydrogens (tertiary/aromatic N) is 1. The van der Waals surface area contributed by atoms with Crippen molar-refractivity contribution >= 4 is 47.0 Å². The molecule has 9 N–H and O–H groups in total. The minimum absolute atomic E-state index is 0.0249. The van der Waals surface area contributed by atoms with E-state index in [0.717, 1.165) is 12.1 Å². The van der Waals surface area contributed by atoms with Gasteiger partial charge in [-0.15, -0.1) is 0 Å². The number of phenols is 1. The molecule has 0 saturated carbocycles. The van der Waals surface area contributed by atoms with E-state index in [-0.39, 0.29) is 23.2 Å². The second-order valence-electron chi connectivity index (χ2n) is 9.23. The molecule has 2 aromatic rings. The van der Waals surface area contributed by atoms with Crippen molar-refractivity contribution in [2.45, 2.75) is 50.2 Å². The third-order valence-electron chi connectivity index (χ3n) is 6.07. The maximum Gasteiger partial charge on any atom is 0.326 e. The van der Waals surface area contributed by atoms with E-state index in [4.69, 9.17) is 5.73 Å². The van der Waals surface area contributed by atoms with Gasteiger partial charge in [0.05, 0.1) is 10.5 Å². The van der Waals surface area contributed by atoms with E-state index in [1.54, 1.807) is 6.07 Å². The van der Waals surface area contributed by atoms with Crippen LogP contribution >= 0.6 is 0 Å². The van der Waals surface area contributed by atoms with Gasteiger partial charge >= 0.3 is 23.6 Å². The lowest BCUT2D eigenvalue weighted by Crippen LogP contribution is -2.45. The number of para-hydroxylation sites is 1. The summed E-state index contributed by atoms with van der Waals surface area (Å²) in [4.78, 5) is 82.1. The zero-order chi connectivity index (χ0) is 32.3. The number of hydrogen-bond donors (Lipinski definition) is 8. The molecule has 2 aromatic carbocycles. The van der Waals surface area contributed by atoms with E-state index in [2.05, 4.69) is 16.0 Å². The third-order valence-corrected chi connectivity index (χ3v) is 6.07. The molecule has 17 nitrogen and oxygen atoms in total. The number of carbonyl (C=O) groups is 6. The summed E-state index contributed by atoms with van der Waals surface area (Å²) in [6.07, 6.45) is -2.29. The Morgan fingerprint density at radius 2 is 1.30 bits per heavy atom. The highest BCUT2D eigenvalue weighted by molar-refractivity contribution is 6.00. The van der Waals surface area contributed by atoms with E-state index in [1.165, 1.54) is 24.3 Å². The fourth-order valence-electron chi connectivity index (χ4n) is 3.82. The van der Waals surface area contributed by atoms with E-state index in [1.807, 2.05) is 0 Å². The summed E-state index contributed by atoms with van der Waals surface area (Å²) in [5, 5.41) is 55.4. The molecule has 0 aliphatic carbocycles. The minimum Gasteiger partial charge on any atom is -0.502 e. The van der Waals surface area contributed by atoms with Crippen LogP contribution in [0.1, 0.15) is 41.6 Å². The number of benzene rings is 2. The smallest absolute Gasteiger partial charge is 0.326 e. The van der Waals surface area contributed by atoms with Crippen LogP contribution in [0.15, 0.2) is 42.5 Å². The zero-order valence-corrected chi connectivity index (χ0v) is 22.4. The number of anilines is 1. The van der Waals surface area contributed by atoms with Crippen molar-refractivity contribution in [3.05, 3.63) is 63.7 Å². The Morgan fingerprint density at radius 3 is 1.81 bits per heavy atom. The first-order chi connectivity index (χ1) is 20.2. The quantitative estimate of drug-likeness (QED) is 0.0713. The van der Waals surface area contributed by atoms with Crippen LogP contribution in [0.2, 0.25) is 0 Å². The highest BCUT2D eigenvalue weighted by atomic mass is 16.6. The van der Waals surface area contributed by atoms with Gasteiger partial charge in [0.25, 0.3) is 5.91 Å². The zero-order valence-electron chi connectivity index (χ0n) is 22.4. The summed E-state index contributed by atoms with van der Waals surface area (Å²) < 4.78 is 0. The highest BCUT2D eigenvalue weighted by Crippen LogP contribution is 2.26. The predicted molar refractivity (Wildman–Crippen MR) is 146 cm³/mol. The molecule has 0 heterocycles. The first-order valence-corrected chi connectivity index (χ1v) is 12.6. The van der Waals surface area contributed by atoms with Gasteiger partial charge in [-0.3, -0.25) is 24.5 Å². The summed E-state index contributed by atoms with van der Waals surface area (Å²) in [6.45, 7) is 0. The Labute approximate surface area is 242 Å². The normalized spacial score (nSPS) is 12.7. The fraction of sp³-hybridized carbons (Fsp3) is 0.308. The second-order valence-corrected chi connectivity index (χ2v) is 9.23. The first-order valence-electron chi connectivity index (χ1n) is 12.6. The molecule has 0 fully saturated rings. The van der Waals surface area contributed by atoms with E-state index >= 15 is 0 Å². The Bertz CT molecular complexity index is 1410. The average Bonchev–Trinajstić information content (AvgIpc) is 2.93. The Morgan fingerprint density at radius 1 is 0.791 bits per heavy atom. The number of nitrogens with one attached hydrogen (secondary N) is 3. The van der Waals surface area contributed by atoms with Crippen molar-refractivity contribution in [1.82, 2.24) is 16.0 Å². The van der Waals surface area contributed by atoms with Crippen LogP contribution in [0, 0.1) is 10.1 Å². The number of nitro groups is 1. The number of carboxylic acids is 3. The highest BCUT2D eigenvalue weighted by Gasteiger charge is 2.27. The number of carboxylic acid groups (broad SMARTS) is 3. The topological polar surface area (TPSA) is 289 Å². The fourth-order valence-corrected chi connectivity index (χ4v) is 3.82. The predicted octanol–water partition coefficient (Wildman–Crippen LogP) is 0.00750. The van der Waals surface area contributed by atoms with Crippen molar-refractivity contribution < 1.29 is 54.1 Å². The number of hydrogen-bond acceptors (Lipinski definition) is 10. The molecule has 0 radical (unpaired) electrons. The van der Waals surface area contributed by atoms with Crippen LogP contribution in [0.3, 0.4) is 0 Å². The minimum atomic E-state index is -1.59. The van der Waals surface area contributed by atoms with E-state index < -0.39 is 95.8 Å². The van der Waals surface area contributed by atoms with Crippen LogP contribution in [-0.2, 0) is 30.4 Å². The van der Waals surface area contributed by atoms with Crippen molar-refractivity contribution in [2.75, 3.05) is 5.73 Å². The van der Waals surface area contributed by atoms with Crippen molar-refractivity contribution in [1.29, 1.82) is 0 Å². The molecule has 0 aliphatic heterocycles. The van der Waals surface area contributed by atoms with Gasteiger partial charge in [0.15, 0.2) is 5.75 Å². The standard InChI is InChI=1S/C26H29N5O12/c27-15-4-2-1-3-14(15)23(35)30-17(25(38)39)7-10-21(33)28-16(24(36)37)6-9-22(34)29-18(26(40)41)11-13-5-8-20(32)19(12-13)31(42)43/h1-5,8,12,16-18,32H,6-7,9-11,27H2,(H,28,33)(H,29,34)(H,30,35)(H,36,37)(H,38,39)(H,40,41)/t16-,17-,18-/m0/s1. The number of nitrogens with two attached hydrogens (primary N) is 1. The van der Waals surface area contributed by atoms with Crippen LogP contribution in [0.4, 0.5) is 11.4 Å². The third kappa shape index (κ3) is 10.3. The van der Waals surface area contributed by atoms with Gasteiger partial charge in [0, 0.05) is 31.0 Å². The lowest BCUT2D eigenvalue weighted by atomic mass is 10.0. The molecule has 3 amide bonds. The van der Waals surface area contributed by atoms with Crippen LogP contribution in [0.25, 0.3) is 0 Å². The molecule has 17 heteroatoms. The molecule has 0 unspecified atom stereocenters. The summed E-state index contributed by atoms with van der Waals surface area (Å²) in [7, 11) is 0. The van der Waals surface area contributed by atoms with Gasteiger partial charge in [-0.25, -0.2) is 14.4 Å². The molecule has 230 valence electrons. The maximum absolute atomic E-state index is 12.4. The summed E-state index contributed by atoms with van der Waals surface area (Å²) >= 11 is 0. The Hall–Kier alpha value is -5.74. The number of rotatable bonds is 16. The molecule has 43 heavy (non-hydrogen) atoms. The molecular formula is C26H29N5O12. The first kappa shape index (κ1) is 33.5. The number of nitrogen functional groups attached to an aromatic ring is 1. The summed E-state index contributed by atoms with van der Waals surface area (Å²) in [6, 6.07) is 4.45.